The zero-order valence-electron chi connectivity index (χ0n) is 16.3. The van der Waals surface area contributed by atoms with E-state index in [2.05, 4.69) is 16.3 Å². The van der Waals surface area contributed by atoms with Crippen molar-refractivity contribution >= 4 is 34.8 Å². The van der Waals surface area contributed by atoms with Crippen molar-refractivity contribution in [3.05, 3.63) is 59.7 Å². The van der Waals surface area contributed by atoms with Crippen molar-refractivity contribution in [2.24, 2.45) is 0 Å². The van der Waals surface area contributed by atoms with Crippen LogP contribution in [0.5, 0.6) is 0 Å². The Hall–Kier alpha value is -2.53. The number of carbonyl (C=O) groups excluding carboxylic acids is 2. The number of benzene rings is 2. The minimum Gasteiger partial charge on any atom is -0.368 e. The van der Waals surface area contributed by atoms with Crippen molar-refractivity contribution in [2.75, 3.05) is 36.4 Å². The second-order valence-electron chi connectivity index (χ2n) is 7.19. The molecule has 6 heteroatoms. The van der Waals surface area contributed by atoms with Crippen LogP contribution in [0.4, 0.5) is 11.4 Å². The van der Waals surface area contributed by atoms with Crippen LogP contribution in [-0.2, 0) is 16.0 Å². The Morgan fingerprint density at radius 2 is 1.75 bits per heavy atom. The Bertz CT molecular complexity index is 828. The summed E-state index contributed by atoms with van der Waals surface area (Å²) < 4.78 is 0. The van der Waals surface area contributed by atoms with Crippen LogP contribution in [-0.4, -0.2) is 48.3 Å². The second kappa shape index (κ2) is 9.11. The van der Waals surface area contributed by atoms with Crippen LogP contribution in [0.2, 0.25) is 0 Å². The summed E-state index contributed by atoms with van der Waals surface area (Å²) in [5.41, 5.74) is 4.06. The molecule has 3 rings (SSSR count). The van der Waals surface area contributed by atoms with Gasteiger partial charge in [-0.2, -0.15) is 0 Å². The summed E-state index contributed by atoms with van der Waals surface area (Å²) in [6.07, 6.45) is 0.453. The van der Waals surface area contributed by atoms with Gasteiger partial charge >= 0.3 is 0 Å². The highest BCUT2D eigenvalue weighted by Crippen LogP contribution is 2.20. The Kier molecular flexibility index (Phi) is 6.57. The summed E-state index contributed by atoms with van der Waals surface area (Å²) in [6.45, 7) is 6.71. The first kappa shape index (κ1) is 20.2. The third-order valence-electron chi connectivity index (χ3n) is 4.93. The van der Waals surface area contributed by atoms with E-state index in [4.69, 9.17) is 11.6 Å². The van der Waals surface area contributed by atoms with Gasteiger partial charge in [0.2, 0.25) is 11.8 Å². The number of hydrogen-bond acceptors (Lipinski definition) is 3. The highest BCUT2D eigenvalue weighted by molar-refractivity contribution is 6.32. The summed E-state index contributed by atoms with van der Waals surface area (Å²) in [5.74, 6) is -0.0337. The lowest BCUT2D eigenvalue weighted by atomic mass is 10.1. The van der Waals surface area contributed by atoms with Crippen LogP contribution in [0.15, 0.2) is 48.5 Å². The van der Waals surface area contributed by atoms with Crippen LogP contribution >= 0.6 is 11.6 Å². The van der Waals surface area contributed by atoms with E-state index in [1.165, 1.54) is 5.56 Å². The van der Waals surface area contributed by atoms with Crippen LogP contribution < -0.4 is 10.2 Å². The highest BCUT2D eigenvalue weighted by atomic mass is 35.5. The maximum Gasteiger partial charge on any atom is 0.242 e. The summed E-state index contributed by atoms with van der Waals surface area (Å²) >= 11 is 5.78. The van der Waals surface area contributed by atoms with Crippen molar-refractivity contribution in [1.29, 1.82) is 0 Å². The van der Waals surface area contributed by atoms with Gasteiger partial charge in [0.25, 0.3) is 0 Å². The molecule has 1 N–H and O–H groups in total. The quantitative estimate of drug-likeness (QED) is 0.783. The van der Waals surface area contributed by atoms with Crippen molar-refractivity contribution in [1.82, 2.24) is 4.90 Å². The second-order valence-corrected chi connectivity index (χ2v) is 7.84. The summed E-state index contributed by atoms with van der Waals surface area (Å²) in [5, 5.41) is 2.21. The van der Waals surface area contributed by atoms with Crippen LogP contribution in [0.25, 0.3) is 0 Å². The van der Waals surface area contributed by atoms with Gasteiger partial charge < -0.3 is 15.1 Å². The molecule has 0 radical (unpaired) electrons. The Balaban J connectivity index is 1.52. The van der Waals surface area contributed by atoms with Gasteiger partial charge in [-0.05, 0) is 43.7 Å². The normalized spacial score (nSPS) is 15.2. The first-order valence-electron chi connectivity index (χ1n) is 9.55. The highest BCUT2D eigenvalue weighted by Gasteiger charge is 2.21. The average molecular weight is 400 g/mol. The van der Waals surface area contributed by atoms with E-state index in [0.29, 0.717) is 19.5 Å². The molecule has 1 saturated heterocycles. The molecule has 148 valence electrons. The lowest BCUT2D eigenvalue weighted by molar-refractivity contribution is -0.130. The van der Waals surface area contributed by atoms with E-state index in [9.17, 15) is 9.59 Å². The predicted molar refractivity (Wildman–Crippen MR) is 114 cm³/mol. The fraction of sp³-hybridized carbons (Fsp3) is 0.364. The maximum absolute atomic E-state index is 12.6. The molecule has 2 aromatic rings. The minimum absolute atomic E-state index is 0.179. The first-order chi connectivity index (χ1) is 13.4. The SMILES string of the molecule is Cc1cccc(CC(=O)N2CCN(c3ccc(NC(=O)C(C)Cl)cc3)CC2)c1. The number of alkyl halides is 1. The van der Waals surface area contributed by atoms with E-state index in [-0.39, 0.29) is 11.8 Å². The van der Waals surface area contributed by atoms with Crippen LogP contribution in [0, 0.1) is 6.92 Å². The standard InChI is InChI=1S/C22H26ClN3O2/c1-16-4-3-5-18(14-16)15-21(27)26-12-10-25(11-13-26)20-8-6-19(7-9-20)24-22(28)17(2)23/h3-9,14,17H,10-13,15H2,1-2H3,(H,24,28). The van der Waals surface area contributed by atoms with Gasteiger partial charge in [0.15, 0.2) is 0 Å². The minimum atomic E-state index is -0.565. The number of anilines is 2. The number of nitrogens with one attached hydrogen (secondary N) is 1. The van der Waals surface area contributed by atoms with Crippen LogP contribution in [0.1, 0.15) is 18.1 Å². The third kappa shape index (κ3) is 5.26. The average Bonchev–Trinajstić information content (AvgIpc) is 2.68. The molecule has 2 aromatic carbocycles. The Labute approximate surface area is 171 Å². The Morgan fingerprint density at radius 3 is 2.36 bits per heavy atom. The van der Waals surface area contributed by atoms with Crippen LogP contribution in [0.3, 0.4) is 0 Å². The van der Waals surface area contributed by atoms with Gasteiger partial charge in [-0.3, -0.25) is 9.59 Å². The molecule has 28 heavy (non-hydrogen) atoms. The van der Waals surface area contributed by atoms with Crippen molar-refractivity contribution in [3.8, 4) is 0 Å². The molecule has 1 unspecified atom stereocenters. The molecule has 1 aliphatic heterocycles. The van der Waals surface area contributed by atoms with E-state index in [1.807, 2.05) is 54.3 Å². The molecular weight excluding hydrogens is 374 g/mol. The number of hydrogen-bond donors (Lipinski definition) is 1. The fourth-order valence-electron chi connectivity index (χ4n) is 3.32. The van der Waals surface area contributed by atoms with Gasteiger partial charge in [0.1, 0.15) is 5.38 Å². The number of aryl methyl sites for hydroxylation is 1. The largest absolute Gasteiger partial charge is 0.368 e. The van der Waals surface area contributed by atoms with Gasteiger partial charge in [0, 0.05) is 37.6 Å². The number of halogens is 1. The molecule has 0 saturated carbocycles. The van der Waals surface area contributed by atoms with E-state index in [1.54, 1.807) is 6.92 Å². The summed E-state index contributed by atoms with van der Waals surface area (Å²) in [4.78, 5) is 28.4. The molecule has 0 bridgehead atoms. The zero-order chi connectivity index (χ0) is 20.1. The fourth-order valence-corrected chi connectivity index (χ4v) is 3.37. The molecule has 0 spiro atoms. The monoisotopic (exact) mass is 399 g/mol. The van der Waals surface area contributed by atoms with Gasteiger partial charge in [-0.25, -0.2) is 0 Å². The first-order valence-corrected chi connectivity index (χ1v) is 9.99. The molecule has 2 amide bonds. The molecule has 1 aliphatic rings. The van der Waals surface area contributed by atoms with Gasteiger partial charge in [-0.1, -0.05) is 29.8 Å². The van der Waals surface area contributed by atoms with E-state index < -0.39 is 5.38 Å². The molecule has 1 atom stereocenters. The molecule has 1 heterocycles. The lowest BCUT2D eigenvalue weighted by Crippen LogP contribution is -2.49. The topological polar surface area (TPSA) is 52.7 Å². The summed E-state index contributed by atoms with van der Waals surface area (Å²) in [6, 6.07) is 15.8. The molecule has 1 fully saturated rings. The van der Waals surface area contributed by atoms with Gasteiger partial charge in [0.05, 0.1) is 6.42 Å². The number of nitrogens with zero attached hydrogens (tertiary/aromatic N) is 2. The molecular formula is C22H26ClN3O2. The van der Waals surface area contributed by atoms with E-state index in [0.717, 1.165) is 30.0 Å². The zero-order valence-corrected chi connectivity index (χ0v) is 17.1. The molecule has 5 nitrogen and oxygen atoms in total. The summed E-state index contributed by atoms with van der Waals surface area (Å²) in [7, 11) is 0. The van der Waals surface area contributed by atoms with Crippen molar-refractivity contribution in [3.63, 3.8) is 0 Å². The number of rotatable bonds is 5. The number of piperazine rings is 1. The molecule has 0 aromatic heterocycles. The third-order valence-corrected chi connectivity index (χ3v) is 5.13. The van der Waals surface area contributed by atoms with E-state index >= 15 is 0 Å². The van der Waals surface area contributed by atoms with Crippen molar-refractivity contribution in [2.45, 2.75) is 25.6 Å². The molecule has 0 aliphatic carbocycles. The Morgan fingerprint density at radius 1 is 1.07 bits per heavy atom. The lowest BCUT2D eigenvalue weighted by Gasteiger charge is -2.36. The number of carbonyl (C=O) groups is 2. The van der Waals surface area contributed by atoms with Gasteiger partial charge in [-0.15, -0.1) is 11.6 Å². The number of amides is 2. The van der Waals surface area contributed by atoms with Crippen molar-refractivity contribution < 1.29 is 9.59 Å². The predicted octanol–water partition coefficient (Wildman–Crippen LogP) is 3.45. The maximum atomic E-state index is 12.6. The smallest absolute Gasteiger partial charge is 0.242 e.